The molecule has 0 unspecified atom stereocenters. The number of rotatable bonds is 3. The summed E-state index contributed by atoms with van der Waals surface area (Å²) in [6.07, 6.45) is 8.11. The molecule has 0 aliphatic carbocycles. The number of benzene rings is 1. The van der Waals surface area contributed by atoms with Crippen molar-refractivity contribution in [3.63, 3.8) is 0 Å². The molecule has 25 heavy (non-hydrogen) atoms. The maximum absolute atomic E-state index is 4.75. The number of aromatic nitrogens is 7. The number of nitrogens with one attached hydrogen (secondary N) is 1. The summed E-state index contributed by atoms with van der Waals surface area (Å²) < 4.78 is 3.67. The van der Waals surface area contributed by atoms with E-state index in [0.29, 0.717) is 0 Å². The van der Waals surface area contributed by atoms with Crippen LogP contribution in [0.4, 0.5) is 0 Å². The third-order valence-corrected chi connectivity index (χ3v) is 4.30. The van der Waals surface area contributed by atoms with Crippen molar-refractivity contribution in [1.82, 2.24) is 34.3 Å². The van der Waals surface area contributed by atoms with Gasteiger partial charge in [0.25, 0.3) is 0 Å². The molecule has 0 amide bonds. The van der Waals surface area contributed by atoms with Crippen LogP contribution in [0.15, 0.2) is 55.2 Å². The molecule has 0 spiro atoms. The Hall–Kier alpha value is -3.48. The monoisotopic (exact) mass is 329 g/mol. The van der Waals surface area contributed by atoms with Gasteiger partial charge in [-0.25, -0.2) is 14.5 Å². The zero-order valence-corrected chi connectivity index (χ0v) is 13.6. The molecule has 1 N–H and O–H groups in total. The minimum absolute atomic E-state index is 0.744. The van der Waals surface area contributed by atoms with Crippen molar-refractivity contribution in [2.45, 2.75) is 6.42 Å². The Bertz CT molecular complexity index is 1190. The Morgan fingerprint density at radius 3 is 2.92 bits per heavy atom. The van der Waals surface area contributed by atoms with Gasteiger partial charge in [-0.2, -0.15) is 10.2 Å². The van der Waals surface area contributed by atoms with Gasteiger partial charge in [-0.05, 0) is 29.8 Å². The van der Waals surface area contributed by atoms with Crippen LogP contribution in [0.3, 0.4) is 0 Å². The number of imidazole rings is 2. The molecule has 0 bridgehead atoms. The van der Waals surface area contributed by atoms with Crippen LogP contribution in [0.25, 0.3) is 27.9 Å². The lowest BCUT2D eigenvalue weighted by molar-refractivity contribution is 0.768. The van der Waals surface area contributed by atoms with E-state index in [2.05, 4.69) is 38.2 Å². The van der Waals surface area contributed by atoms with Crippen molar-refractivity contribution in [1.29, 1.82) is 0 Å². The zero-order valence-electron chi connectivity index (χ0n) is 13.6. The van der Waals surface area contributed by atoms with E-state index in [1.165, 1.54) is 5.56 Å². The van der Waals surface area contributed by atoms with Crippen LogP contribution in [0.5, 0.6) is 0 Å². The highest BCUT2D eigenvalue weighted by Crippen LogP contribution is 2.19. The number of fused-ring (bicyclic) bond motifs is 2. The molecule has 0 saturated carbocycles. The first-order chi connectivity index (χ1) is 12.3. The maximum Gasteiger partial charge on any atom is 0.153 e. The Labute approximate surface area is 143 Å². The summed E-state index contributed by atoms with van der Waals surface area (Å²) in [5.41, 5.74) is 6.92. The molecule has 4 aromatic heterocycles. The molecule has 0 aliphatic rings. The Balaban J connectivity index is 1.56. The van der Waals surface area contributed by atoms with E-state index in [0.717, 1.165) is 40.1 Å². The molecule has 122 valence electrons. The number of aryl methyl sites for hydroxylation is 1. The molecule has 0 aliphatic heterocycles. The van der Waals surface area contributed by atoms with Gasteiger partial charge in [0.05, 0.1) is 41.1 Å². The number of H-pyrrole nitrogens is 1. The predicted octanol–water partition coefficient (Wildman–Crippen LogP) is 2.60. The van der Waals surface area contributed by atoms with E-state index in [1.807, 2.05) is 42.3 Å². The second-order valence-electron chi connectivity index (χ2n) is 6.07. The lowest BCUT2D eigenvalue weighted by atomic mass is 10.1. The molecule has 0 atom stereocenters. The predicted molar refractivity (Wildman–Crippen MR) is 94.1 cm³/mol. The van der Waals surface area contributed by atoms with E-state index < -0.39 is 0 Å². The van der Waals surface area contributed by atoms with Crippen LogP contribution in [0, 0.1) is 0 Å². The van der Waals surface area contributed by atoms with Crippen molar-refractivity contribution in [2.24, 2.45) is 7.05 Å². The van der Waals surface area contributed by atoms with Gasteiger partial charge in [-0.1, -0.05) is 6.07 Å². The number of hydrogen-bond donors (Lipinski definition) is 1. The van der Waals surface area contributed by atoms with Crippen LogP contribution in [0.2, 0.25) is 0 Å². The standard InChI is InChI=1S/C18H15N7/c1-24-10-13(8-22-24)15-4-5-18-19-9-14(25(18)23-15)6-12-2-3-16-17(7-12)21-11-20-16/h2-5,7-11H,6H2,1H3,(H,20,21). The Morgan fingerprint density at radius 1 is 1.08 bits per heavy atom. The Morgan fingerprint density at radius 2 is 2.04 bits per heavy atom. The molecule has 5 aromatic rings. The molecule has 0 fully saturated rings. The summed E-state index contributed by atoms with van der Waals surface area (Å²) in [6.45, 7) is 0. The smallest absolute Gasteiger partial charge is 0.153 e. The molecular formula is C18H15N7. The molecule has 7 heteroatoms. The second kappa shape index (κ2) is 5.27. The van der Waals surface area contributed by atoms with E-state index in [9.17, 15) is 0 Å². The van der Waals surface area contributed by atoms with Gasteiger partial charge >= 0.3 is 0 Å². The highest BCUT2D eigenvalue weighted by atomic mass is 15.3. The Kier molecular flexibility index (Phi) is 2.93. The van der Waals surface area contributed by atoms with Gasteiger partial charge in [-0.3, -0.25) is 4.68 Å². The van der Waals surface area contributed by atoms with E-state index in [1.54, 1.807) is 11.0 Å². The number of hydrogen-bond acceptors (Lipinski definition) is 4. The fourth-order valence-corrected chi connectivity index (χ4v) is 3.05. The van der Waals surface area contributed by atoms with Gasteiger partial charge in [0.1, 0.15) is 0 Å². The highest BCUT2D eigenvalue weighted by Gasteiger charge is 2.09. The lowest BCUT2D eigenvalue weighted by Gasteiger charge is -2.04. The van der Waals surface area contributed by atoms with Gasteiger partial charge in [-0.15, -0.1) is 0 Å². The SMILES string of the molecule is Cn1cc(-c2ccc3ncc(Cc4ccc5[nH]cnc5c4)n3n2)cn1. The third kappa shape index (κ3) is 2.37. The van der Waals surface area contributed by atoms with Crippen molar-refractivity contribution < 1.29 is 0 Å². The van der Waals surface area contributed by atoms with Crippen LogP contribution in [0.1, 0.15) is 11.3 Å². The minimum Gasteiger partial charge on any atom is -0.345 e. The number of nitrogens with zero attached hydrogens (tertiary/aromatic N) is 6. The van der Waals surface area contributed by atoms with Crippen LogP contribution in [-0.2, 0) is 13.5 Å². The first-order valence-electron chi connectivity index (χ1n) is 8.01. The van der Waals surface area contributed by atoms with Crippen LogP contribution in [-0.4, -0.2) is 34.3 Å². The van der Waals surface area contributed by atoms with Crippen molar-refractivity contribution >= 4 is 16.7 Å². The van der Waals surface area contributed by atoms with Crippen molar-refractivity contribution in [3.05, 3.63) is 66.5 Å². The molecule has 0 radical (unpaired) electrons. The molecule has 4 heterocycles. The molecule has 1 aromatic carbocycles. The van der Waals surface area contributed by atoms with Crippen molar-refractivity contribution in [3.8, 4) is 11.3 Å². The molecular weight excluding hydrogens is 314 g/mol. The molecule has 5 rings (SSSR count). The summed E-state index contributed by atoms with van der Waals surface area (Å²) in [5, 5.41) is 8.96. The van der Waals surface area contributed by atoms with Crippen LogP contribution >= 0.6 is 0 Å². The van der Waals surface area contributed by atoms with Gasteiger partial charge in [0, 0.05) is 25.2 Å². The normalized spacial score (nSPS) is 11.6. The second-order valence-corrected chi connectivity index (χ2v) is 6.07. The van der Waals surface area contributed by atoms with Crippen LogP contribution < -0.4 is 0 Å². The average molecular weight is 329 g/mol. The maximum atomic E-state index is 4.75. The highest BCUT2D eigenvalue weighted by molar-refractivity contribution is 5.75. The largest absolute Gasteiger partial charge is 0.345 e. The van der Waals surface area contributed by atoms with E-state index in [4.69, 9.17) is 5.10 Å². The topological polar surface area (TPSA) is 76.7 Å². The summed E-state index contributed by atoms with van der Waals surface area (Å²) in [5.74, 6) is 0. The summed E-state index contributed by atoms with van der Waals surface area (Å²) in [6, 6.07) is 10.2. The van der Waals surface area contributed by atoms with E-state index in [-0.39, 0.29) is 0 Å². The fourth-order valence-electron chi connectivity index (χ4n) is 3.05. The summed E-state index contributed by atoms with van der Waals surface area (Å²) in [4.78, 5) is 11.9. The summed E-state index contributed by atoms with van der Waals surface area (Å²) in [7, 11) is 1.90. The minimum atomic E-state index is 0.744. The van der Waals surface area contributed by atoms with Crippen molar-refractivity contribution in [2.75, 3.05) is 0 Å². The quantitative estimate of drug-likeness (QED) is 0.552. The lowest BCUT2D eigenvalue weighted by Crippen LogP contribution is -2.00. The molecule has 0 saturated heterocycles. The first-order valence-corrected chi connectivity index (χ1v) is 8.01. The zero-order chi connectivity index (χ0) is 16.8. The summed E-state index contributed by atoms with van der Waals surface area (Å²) >= 11 is 0. The molecule has 7 nitrogen and oxygen atoms in total. The van der Waals surface area contributed by atoms with E-state index >= 15 is 0 Å². The fraction of sp³-hybridized carbons (Fsp3) is 0.111. The average Bonchev–Trinajstić information content (AvgIpc) is 3.34. The van der Waals surface area contributed by atoms with Gasteiger partial charge in [0.15, 0.2) is 5.65 Å². The number of aromatic amines is 1. The van der Waals surface area contributed by atoms with Gasteiger partial charge in [0.2, 0.25) is 0 Å². The third-order valence-electron chi connectivity index (χ3n) is 4.30. The van der Waals surface area contributed by atoms with Gasteiger partial charge < -0.3 is 4.98 Å². The first kappa shape index (κ1) is 13.9.